The second-order valence-corrected chi connectivity index (χ2v) is 5.45. The molecule has 4 rings (SSSR count). The van der Waals surface area contributed by atoms with Crippen LogP contribution in [0.1, 0.15) is 32.1 Å². The van der Waals surface area contributed by atoms with Crippen molar-refractivity contribution in [2.75, 3.05) is 0 Å². The largest absolute Gasteiger partial charge is 0.377 e. The lowest BCUT2D eigenvalue weighted by Crippen LogP contribution is -2.49. The van der Waals surface area contributed by atoms with E-state index in [1.165, 1.54) is 32.1 Å². The van der Waals surface area contributed by atoms with E-state index in [0.717, 1.165) is 11.8 Å². The molecule has 1 radical (unpaired) electrons. The van der Waals surface area contributed by atoms with Crippen LogP contribution in [0.15, 0.2) is 0 Å². The molecular formula is C11H18NO. The third-order valence-electron chi connectivity index (χ3n) is 4.66. The van der Waals surface area contributed by atoms with Gasteiger partial charge in [0, 0.05) is 5.92 Å². The van der Waals surface area contributed by atoms with E-state index >= 15 is 0 Å². The summed E-state index contributed by atoms with van der Waals surface area (Å²) in [4.78, 5) is 0. The minimum atomic E-state index is -0.796. The van der Waals surface area contributed by atoms with Crippen molar-refractivity contribution in [3.05, 3.63) is 0 Å². The van der Waals surface area contributed by atoms with E-state index in [9.17, 15) is 5.11 Å². The molecule has 73 valence electrons. The highest BCUT2D eigenvalue weighted by Crippen LogP contribution is 2.56. The highest BCUT2D eigenvalue weighted by molar-refractivity contribution is 4.99. The summed E-state index contributed by atoms with van der Waals surface area (Å²) in [7, 11) is 0. The predicted octanol–water partition coefficient (Wildman–Crippen LogP) is 1.66. The molecule has 0 heterocycles. The zero-order valence-corrected chi connectivity index (χ0v) is 7.95. The Bertz CT molecular complexity index is 186. The van der Waals surface area contributed by atoms with Gasteiger partial charge in [0.05, 0.1) is 0 Å². The topological polar surface area (TPSA) is 44.0 Å². The van der Waals surface area contributed by atoms with Crippen molar-refractivity contribution in [1.29, 1.82) is 0 Å². The molecule has 4 fully saturated rings. The first-order chi connectivity index (χ1) is 6.24. The van der Waals surface area contributed by atoms with Gasteiger partial charge in [-0.3, -0.25) is 0 Å². The number of hydrogen-bond donors (Lipinski definition) is 1. The molecule has 0 spiro atoms. The molecule has 0 aromatic carbocycles. The van der Waals surface area contributed by atoms with Crippen molar-refractivity contribution in [2.45, 2.75) is 38.3 Å². The lowest BCUT2D eigenvalue weighted by atomic mass is 9.51. The van der Waals surface area contributed by atoms with Gasteiger partial charge in [0.2, 0.25) is 0 Å². The molecule has 2 N–H and O–H groups in total. The van der Waals surface area contributed by atoms with Crippen LogP contribution in [-0.2, 0) is 0 Å². The minimum Gasteiger partial charge on any atom is -0.377 e. The van der Waals surface area contributed by atoms with Gasteiger partial charge in [-0.25, -0.2) is 5.73 Å². The van der Waals surface area contributed by atoms with Crippen molar-refractivity contribution in [3.63, 3.8) is 0 Å². The summed E-state index contributed by atoms with van der Waals surface area (Å²) >= 11 is 0. The van der Waals surface area contributed by atoms with E-state index in [0.29, 0.717) is 17.8 Å². The van der Waals surface area contributed by atoms with E-state index in [2.05, 4.69) is 0 Å². The number of aliphatic hydroxyl groups excluding tert-OH is 1. The third-order valence-corrected chi connectivity index (χ3v) is 4.66. The summed E-state index contributed by atoms with van der Waals surface area (Å²) < 4.78 is 0. The zero-order chi connectivity index (χ0) is 9.00. The zero-order valence-electron chi connectivity index (χ0n) is 7.95. The molecule has 4 bridgehead atoms. The van der Waals surface area contributed by atoms with Crippen LogP contribution in [0.3, 0.4) is 0 Å². The minimum absolute atomic E-state index is 0.327. The highest BCUT2D eigenvalue weighted by atomic mass is 16.3. The third kappa shape index (κ3) is 1.15. The molecule has 13 heavy (non-hydrogen) atoms. The molecular weight excluding hydrogens is 162 g/mol. The van der Waals surface area contributed by atoms with Crippen LogP contribution in [-0.4, -0.2) is 11.3 Å². The Hall–Kier alpha value is -0.0800. The maximum absolute atomic E-state index is 9.45. The summed E-state index contributed by atoms with van der Waals surface area (Å²) in [6.45, 7) is 0. The molecule has 4 saturated carbocycles. The predicted molar refractivity (Wildman–Crippen MR) is 49.6 cm³/mol. The van der Waals surface area contributed by atoms with Crippen LogP contribution in [0.25, 0.3) is 0 Å². The first kappa shape index (κ1) is 8.25. The number of hydrogen-bond acceptors (Lipinski definition) is 1. The molecule has 4 aliphatic carbocycles. The van der Waals surface area contributed by atoms with Gasteiger partial charge in [0.25, 0.3) is 0 Å². The van der Waals surface area contributed by atoms with E-state index in [1.807, 2.05) is 0 Å². The standard InChI is InChI=1S/C11H18NO/c12-11(13)10-8-2-6-1-7(4-8)5-9(10)3-6/h6-13H,1-5H2. The van der Waals surface area contributed by atoms with Crippen LogP contribution in [0, 0.1) is 29.6 Å². The van der Waals surface area contributed by atoms with E-state index in [1.54, 1.807) is 0 Å². The van der Waals surface area contributed by atoms with Crippen LogP contribution in [0.5, 0.6) is 0 Å². The van der Waals surface area contributed by atoms with Gasteiger partial charge in [-0.2, -0.15) is 0 Å². The number of nitrogens with one attached hydrogen (secondary N) is 1. The van der Waals surface area contributed by atoms with Crippen molar-refractivity contribution in [2.24, 2.45) is 29.6 Å². The molecule has 0 saturated heterocycles. The van der Waals surface area contributed by atoms with Gasteiger partial charge in [-0.1, -0.05) is 0 Å². The summed E-state index contributed by atoms with van der Waals surface area (Å²) in [5.41, 5.74) is 7.51. The Morgan fingerprint density at radius 3 is 1.77 bits per heavy atom. The van der Waals surface area contributed by atoms with Crippen molar-refractivity contribution < 1.29 is 5.11 Å². The molecule has 1 atom stereocenters. The van der Waals surface area contributed by atoms with Gasteiger partial charge < -0.3 is 5.11 Å². The summed E-state index contributed by atoms with van der Waals surface area (Å²) in [6.07, 6.45) is 5.91. The first-order valence-corrected chi connectivity index (χ1v) is 5.63. The summed E-state index contributed by atoms with van der Waals surface area (Å²) in [5, 5.41) is 9.45. The number of aliphatic hydroxyl groups is 1. The fourth-order valence-corrected chi connectivity index (χ4v) is 4.48. The molecule has 0 amide bonds. The van der Waals surface area contributed by atoms with E-state index in [4.69, 9.17) is 5.73 Å². The SMILES string of the molecule is [NH]C(O)C1C2CC3CC(C2)CC1C3. The highest BCUT2D eigenvalue weighted by Gasteiger charge is 2.49. The second kappa shape index (κ2) is 2.71. The molecule has 2 nitrogen and oxygen atoms in total. The van der Waals surface area contributed by atoms with Crippen LogP contribution in [0.4, 0.5) is 0 Å². The Labute approximate surface area is 79.5 Å². The fourth-order valence-electron chi connectivity index (χ4n) is 4.48. The van der Waals surface area contributed by atoms with Crippen molar-refractivity contribution in [1.82, 2.24) is 5.73 Å². The Morgan fingerprint density at radius 1 is 0.923 bits per heavy atom. The maximum atomic E-state index is 9.45. The molecule has 0 aromatic rings. The lowest BCUT2D eigenvalue weighted by molar-refractivity contribution is -0.0894. The molecule has 1 unspecified atom stereocenters. The number of rotatable bonds is 1. The van der Waals surface area contributed by atoms with Gasteiger partial charge in [0.15, 0.2) is 0 Å². The normalized spacial score (nSPS) is 55.4. The fraction of sp³-hybridized carbons (Fsp3) is 1.00. The monoisotopic (exact) mass is 180 g/mol. The average Bonchev–Trinajstić information content (AvgIpc) is 2.00. The van der Waals surface area contributed by atoms with Crippen LogP contribution >= 0.6 is 0 Å². The van der Waals surface area contributed by atoms with Crippen molar-refractivity contribution in [3.8, 4) is 0 Å². The first-order valence-electron chi connectivity index (χ1n) is 5.63. The van der Waals surface area contributed by atoms with Gasteiger partial charge >= 0.3 is 0 Å². The molecule has 2 heteroatoms. The smallest absolute Gasteiger partial charge is 0.120 e. The van der Waals surface area contributed by atoms with Gasteiger partial charge in [-0.05, 0) is 55.8 Å². The van der Waals surface area contributed by atoms with Crippen LogP contribution in [0.2, 0.25) is 0 Å². The van der Waals surface area contributed by atoms with Crippen molar-refractivity contribution >= 4 is 0 Å². The van der Waals surface area contributed by atoms with E-state index < -0.39 is 6.23 Å². The summed E-state index contributed by atoms with van der Waals surface area (Å²) in [6, 6.07) is 0. The Morgan fingerprint density at radius 2 is 1.38 bits per heavy atom. The van der Waals surface area contributed by atoms with E-state index in [-0.39, 0.29) is 0 Å². The lowest BCUT2D eigenvalue weighted by Gasteiger charge is -2.55. The molecule has 0 aliphatic heterocycles. The maximum Gasteiger partial charge on any atom is 0.120 e. The molecule has 0 aromatic heterocycles. The summed E-state index contributed by atoms with van der Waals surface area (Å²) in [5.74, 6) is 3.63. The Balaban J connectivity index is 1.85. The van der Waals surface area contributed by atoms with Gasteiger partial charge in [0.1, 0.15) is 6.23 Å². The average molecular weight is 180 g/mol. The van der Waals surface area contributed by atoms with Crippen LogP contribution < -0.4 is 5.73 Å². The Kier molecular flexibility index (Phi) is 1.72. The second-order valence-electron chi connectivity index (χ2n) is 5.45. The molecule has 4 aliphatic rings. The van der Waals surface area contributed by atoms with Gasteiger partial charge in [-0.15, -0.1) is 0 Å². The quantitative estimate of drug-likeness (QED) is 0.655.